The molecule has 0 amide bonds. The minimum atomic E-state index is 0.616. The summed E-state index contributed by atoms with van der Waals surface area (Å²) in [4.78, 5) is 5.33. The zero-order valence-corrected chi connectivity index (χ0v) is 10.7. The van der Waals surface area contributed by atoms with E-state index in [2.05, 4.69) is 52.1 Å². The van der Waals surface area contributed by atoms with Gasteiger partial charge in [-0.25, -0.2) is 4.98 Å². The van der Waals surface area contributed by atoms with E-state index in [-0.39, 0.29) is 0 Å². The first-order valence-electron chi connectivity index (χ1n) is 4.62. The maximum absolute atomic E-state index is 5.65. The molecular weight excluding hydrogens is 272 g/mol. The molecule has 2 N–H and O–H groups in total. The standard InChI is InChI=1S/C11H11BrN2S/c1-7-4-2-3-5-8(7)6-9-10(12)14-11(13)15-9/h2-5H,6H2,1H3,(H2,13,14). The molecule has 4 heteroatoms. The minimum absolute atomic E-state index is 0.616. The predicted molar refractivity (Wildman–Crippen MR) is 68.2 cm³/mol. The Balaban J connectivity index is 2.29. The highest BCUT2D eigenvalue weighted by Gasteiger charge is 2.08. The van der Waals surface area contributed by atoms with E-state index in [1.165, 1.54) is 27.3 Å². The molecule has 1 heterocycles. The number of hydrogen-bond donors (Lipinski definition) is 1. The highest BCUT2D eigenvalue weighted by atomic mass is 79.9. The number of nitrogens with zero attached hydrogens (tertiary/aromatic N) is 1. The zero-order valence-electron chi connectivity index (χ0n) is 8.33. The Morgan fingerprint density at radius 3 is 2.73 bits per heavy atom. The number of nitrogens with two attached hydrogens (primary N) is 1. The van der Waals surface area contributed by atoms with Crippen molar-refractivity contribution in [3.63, 3.8) is 0 Å². The lowest BCUT2D eigenvalue weighted by Gasteiger charge is -2.02. The number of rotatable bonds is 2. The Bertz CT molecular complexity index is 479. The number of aryl methyl sites for hydroxylation is 1. The van der Waals surface area contributed by atoms with Crippen LogP contribution in [0, 0.1) is 6.92 Å². The molecule has 0 fully saturated rings. The van der Waals surface area contributed by atoms with Crippen LogP contribution < -0.4 is 5.73 Å². The van der Waals surface area contributed by atoms with Crippen LogP contribution in [-0.2, 0) is 6.42 Å². The van der Waals surface area contributed by atoms with Crippen molar-refractivity contribution in [3.05, 3.63) is 44.9 Å². The maximum Gasteiger partial charge on any atom is 0.181 e. The van der Waals surface area contributed by atoms with Gasteiger partial charge in [-0.3, -0.25) is 0 Å². The highest BCUT2D eigenvalue weighted by Crippen LogP contribution is 2.28. The van der Waals surface area contributed by atoms with E-state index >= 15 is 0 Å². The number of benzene rings is 1. The van der Waals surface area contributed by atoms with Gasteiger partial charge >= 0.3 is 0 Å². The molecule has 0 radical (unpaired) electrons. The number of hydrogen-bond acceptors (Lipinski definition) is 3. The van der Waals surface area contributed by atoms with Crippen LogP contribution in [0.3, 0.4) is 0 Å². The molecular formula is C11H11BrN2S. The van der Waals surface area contributed by atoms with Crippen LogP contribution >= 0.6 is 27.3 Å². The van der Waals surface area contributed by atoms with Gasteiger partial charge in [0.05, 0.1) is 0 Å². The summed E-state index contributed by atoms with van der Waals surface area (Å²) < 4.78 is 0.869. The molecule has 78 valence electrons. The molecule has 0 spiro atoms. The van der Waals surface area contributed by atoms with Gasteiger partial charge in [-0.2, -0.15) is 0 Å². The van der Waals surface area contributed by atoms with Gasteiger partial charge < -0.3 is 5.73 Å². The molecule has 0 saturated carbocycles. The van der Waals surface area contributed by atoms with E-state index < -0.39 is 0 Å². The van der Waals surface area contributed by atoms with E-state index in [1.807, 2.05) is 0 Å². The lowest BCUT2D eigenvalue weighted by Crippen LogP contribution is -1.89. The van der Waals surface area contributed by atoms with Gasteiger partial charge in [0, 0.05) is 11.3 Å². The Kier molecular flexibility index (Phi) is 3.07. The molecule has 0 saturated heterocycles. The summed E-state index contributed by atoms with van der Waals surface area (Å²) >= 11 is 4.96. The summed E-state index contributed by atoms with van der Waals surface area (Å²) in [5.41, 5.74) is 8.27. The molecule has 2 rings (SSSR count). The summed E-state index contributed by atoms with van der Waals surface area (Å²) in [5, 5.41) is 0.616. The van der Waals surface area contributed by atoms with Crippen LogP contribution in [0.15, 0.2) is 28.9 Å². The van der Waals surface area contributed by atoms with E-state index in [0.29, 0.717) is 5.13 Å². The van der Waals surface area contributed by atoms with Gasteiger partial charge in [-0.15, -0.1) is 11.3 Å². The van der Waals surface area contributed by atoms with Crippen molar-refractivity contribution < 1.29 is 0 Å². The number of nitrogen functional groups attached to an aromatic ring is 1. The molecule has 0 aliphatic rings. The molecule has 1 aromatic carbocycles. The molecule has 2 nitrogen and oxygen atoms in total. The Labute approximate surface area is 101 Å². The molecule has 0 aliphatic heterocycles. The van der Waals surface area contributed by atoms with Crippen molar-refractivity contribution in [2.24, 2.45) is 0 Å². The van der Waals surface area contributed by atoms with Crippen molar-refractivity contribution in [2.75, 3.05) is 5.73 Å². The smallest absolute Gasteiger partial charge is 0.181 e. The molecule has 2 aromatic rings. The third-order valence-electron chi connectivity index (χ3n) is 2.28. The topological polar surface area (TPSA) is 38.9 Å². The first-order valence-corrected chi connectivity index (χ1v) is 6.23. The van der Waals surface area contributed by atoms with Crippen LogP contribution in [0.25, 0.3) is 0 Å². The lowest BCUT2D eigenvalue weighted by atomic mass is 10.1. The van der Waals surface area contributed by atoms with E-state index in [9.17, 15) is 0 Å². The number of halogens is 1. The zero-order chi connectivity index (χ0) is 10.8. The van der Waals surface area contributed by atoms with Crippen LogP contribution in [0.2, 0.25) is 0 Å². The Hall–Kier alpha value is -0.870. The van der Waals surface area contributed by atoms with E-state index in [1.54, 1.807) is 0 Å². The second-order valence-electron chi connectivity index (χ2n) is 3.37. The summed E-state index contributed by atoms with van der Waals surface area (Å²) in [6, 6.07) is 8.36. The van der Waals surface area contributed by atoms with Crippen LogP contribution in [0.5, 0.6) is 0 Å². The number of thiazole rings is 1. The molecule has 0 atom stereocenters. The second kappa shape index (κ2) is 4.33. The van der Waals surface area contributed by atoms with Crippen molar-refractivity contribution in [1.29, 1.82) is 0 Å². The minimum Gasteiger partial charge on any atom is -0.375 e. The average molecular weight is 283 g/mol. The second-order valence-corrected chi connectivity index (χ2v) is 5.24. The fourth-order valence-electron chi connectivity index (χ4n) is 1.44. The summed E-state index contributed by atoms with van der Waals surface area (Å²) in [6.45, 7) is 2.12. The third kappa shape index (κ3) is 2.38. The third-order valence-corrected chi connectivity index (χ3v) is 4.08. The average Bonchev–Trinajstić information content (AvgIpc) is 2.49. The predicted octanol–water partition coefficient (Wildman–Crippen LogP) is 3.39. The molecule has 15 heavy (non-hydrogen) atoms. The molecule has 0 unspecified atom stereocenters. The van der Waals surface area contributed by atoms with E-state index in [0.717, 1.165) is 11.0 Å². The molecule has 0 aliphatic carbocycles. The van der Waals surface area contributed by atoms with Gasteiger partial charge in [-0.05, 0) is 34.0 Å². The van der Waals surface area contributed by atoms with Gasteiger partial charge in [-0.1, -0.05) is 24.3 Å². The largest absolute Gasteiger partial charge is 0.375 e. The SMILES string of the molecule is Cc1ccccc1Cc1sc(N)nc1Br. The summed E-state index contributed by atoms with van der Waals surface area (Å²) in [5.74, 6) is 0. The fourth-order valence-corrected chi connectivity index (χ4v) is 2.88. The molecule has 0 bridgehead atoms. The number of anilines is 1. The lowest BCUT2D eigenvalue weighted by molar-refractivity contribution is 1.16. The van der Waals surface area contributed by atoms with Gasteiger partial charge in [0.15, 0.2) is 5.13 Å². The summed E-state index contributed by atoms with van der Waals surface area (Å²) in [6.07, 6.45) is 0.891. The first kappa shape index (κ1) is 10.6. The first-order chi connectivity index (χ1) is 7.16. The summed E-state index contributed by atoms with van der Waals surface area (Å²) in [7, 11) is 0. The van der Waals surface area contributed by atoms with Crippen LogP contribution in [0.4, 0.5) is 5.13 Å². The van der Waals surface area contributed by atoms with Crippen LogP contribution in [-0.4, -0.2) is 4.98 Å². The fraction of sp³-hybridized carbons (Fsp3) is 0.182. The Morgan fingerprint density at radius 2 is 2.13 bits per heavy atom. The highest BCUT2D eigenvalue weighted by molar-refractivity contribution is 9.10. The van der Waals surface area contributed by atoms with Crippen molar-refractivity contribution in [3.8, 4) is 0 Å². The van der Waals surface area contributed by atoms with Crippen molar-refractivity contribution in [2.45, 2.75) is 13.3 Å². The normalized spacial score (nSPS) is 10.5. The van der Waals surface area contributed by atoms with Crippen molar-refractivity contribution >= 4 is 32.4 Å². The quantitative estimate of drug-likeness (QED) is 0.917. The van der Waals surface area contributed by atoms with E-state index in [4.69, 9.17) is 5.73 Å². The van der Waals surface area contributed by atoms with Crippen LogP contribution in [0.1, 0.15) is 16.0 Å². The van der Waals surface area contributed by atoms with Gasteiger partial charge in [0.2, 0.25) is 0 Å². The Morgan fingerprint density at radius 1 is 1.40 bits per heavy atom. The monoisotopic (exact) mass is 282 g/mol. The van der Waals surface area contributed by atoms with Crippen molar-refractivity contribution in [1.82, 2.24) is 4.98 Å². The maximum atomic E-state index is 5.65. The van der Waals surface area contributed by atoms with Gasteiger partial charge in [0.25, 0.3) is 0 Å². The molecule has 1 aromatic heterocycles. The van der Waals surface area contributed by atoms with Gasteiger partial charge in [0.1, 0.15) is 4.60 Å². The number of aromatic nitrogens is 1.